The van der Waals surface area contributed by atoms with Gasteiger partial charge in [-0.2, -0.15) is 5.10 Å². The molecule has 0 unspecified atom stereocenters. The zero-order valence-corrected chi connectivity index (χ0v) is 19.1. The van der Waals surface area contributed by atoms with Crippen LogP contribution >= 0.6 is 0 Å². The van der Waals surface area contributed by atoms with E-state index in [2.05, 4.69) is 5.10 Å². The van der Waals surface area contributed by atoms with Gasteiger partial charge in [-0.1, -0.05) is 23.8 Å². The molecule has 0 fully saturated rings. The zero-order chi connectivity index (χ0) is 22.8. The highest BCUT2D eigenvalue weighted by atomic mass is 16.6. The highest BCUT2D eigenvalue weighted by molar-refractivity contribution is 5.85. The molecule has 7 heteroatoms. The predicted octanol–water partition coefficient (Wildman–Crippen LogP) is 4.25. The minimum Gasteiger partial charge on any atom is -0.468 e. The quantitative estimate of drug-likeness (QED) is 0.670. The van der Waals surface area contributed by atoms with Gasteiger partial charge in [0.15, 0.2) is 0 Å². The van der Waals surface area contributed by atoms with Crippen molar-refractivity contribution in [1.29, 1.82) is 0 Å². The standard InChI is InChI=1S/C24H31N3O4/c1-7-26(22(29)31-23(3,4)5)16-24(21(28)30-6)14-18-15-25-27(20(18)13-17(24)2)19-11-9-8-10-12-19/h8-13,15H,7,14,16H2,1-6H3/t24-/m0/s1. The van der Waals surface area contributed by atoms with E-state index in [-0.39, 0.29) is 12.5 Å². The summed E-state index contributed by atoms with van der Waals surface area (Å²) in [6.07, 6.45) is 3.70. The van der Waals surface area contributed by atoms with Crippen molar-refractivity contribution in [2.45, 2.75) is 46.6 Å². The average Bonchev–Trinajstić information content (AvgIpc) is 3.12. The molecular formula is C24H31N3O4. The Morgan fingerprint density at radius 2 is 1.90 bits per heavy atom. The van der Waals surface area contributed by atoms with Gasteiger partial charge in [0.1, 0.15) is 11.0 Å². The molecule has 1 amide bonds. The highest BCUT2D eigenvalue weighted by Gasteiger charge is 2.47. The van der Waals surface area contributed by atoms with Crippen LogP contribution in [0.25, 0.3) is 11.8 Å². The third-order valence-electron chi connectivity index (χ3n) is 5.56. The molecule has 1 aliphatic rings. The first kappa shape index (κ1) is 22.6. The summed E-state index contributed by atoms with van der Waals surface area (Å²) in [6.45, 7) is 9.84. The number of aromatic nitrogens is 2. The maximum atomic E-state index is 13.1. The first-order chi connectivity index (χ1) is 14.6. The molecule has 1 aliphatic carbocycles. The Kier molecular flexibility index (Phi) is 6.25. The lowest BCUT2D eigenvalue weighted by Crippen LogP contribution is -2.50. The van der Waals surface area contributed by atoms with E-state index >= 15 is 0 Å². The summed E-state index contributed by atoms with van der Waals surface area (Å²) in [5.74, 6) is -0.374. The van der Waals surface area contributed by atoms with Crippen LogP contribution in [-0.2, 0) is 20.7 Å². The lowest BCUT2D eigenvalue weighted by atomic mass is 9.71. The zero-order valence-electron chi connectivity index (χ0n) is 19.1. The van der Waals surface area contributed by atoms with Crippen molar-refractivity contribution in [3.8, 4) is 5.69 Å². The van der Waals surface area contributed by atoms with Crippen LogP contribution in [0.2, 0.25) is 0 Å². The highest BCUT2D eigenvalue weighted by Crippen LogP contribution is 2.41. The van der Waals surface area contributed by atoms with E-state index in [0.717, 1.165) is 22.5 Å². The molecule has 7 nitrogen and oxygen atoms in total. The second-order valence-corrected chi connectivity index (χ2v) is 8.87. The number of esters is 1. The fourth-order valence-electron chi connectivity index (χ4n) is 3.90. The third kappa shape index (κ3) is 4.50. The molecule has 0 radical (unpaired) electrons. The van der Waals surface area contributed by atoms with Crippen LogP contribution in [0.4, 0.5) is 4.79 Å². The smallest absolute Gasteiger partial charge is 0.410 e. The number of nitrogens with zero attached hydrogens (tertiary/aromatic N) is 3. The topological polar surface area (TPSA) is 73.7 Å². The Morgan fingerprint density at radius 3 is 2.48 bits per heavy atom. The number of methoxy groups -OCH3 is 1. The van der Waals surface area contributed by atoms with Gasteiger partial charge in [-0.3, -0.25) is 4.79 Å². The normalized spacial score (nSPS) is 18.1. The number of carbonyl (C=O) groups excluding carboxylic acids is 2. The molecule has 3 rings (SSSR count). The second-order valence-electron chi connectivity index (χ2n) is 8.87. The maximum Gasteiger partial charge on any atom is 0.410 e. The van der Waals surface area contributed by atoms with Crippen LogP contribution in [0, 0.1) is 5.41 Å². The minimum atomic E-state index is -1.00. The lowest BCUT2D eigenvalue weighted by Gasteiger charge is -2.39. The number of ether oxygens (including phenoxy) is 2. The predicted molar refractivity (Wildman–Crippen MR) is 119 cm³/mol. The van der Waals surface area contributed by atoms with Crippen molar-refractivity contribution in [2.75, 3.05) is 20.2 Å². The van der Waals surface area contributed by atoms with Crippen LogP contribution in [0.3, 0.4) is 0 Å². The largest absolute Gasteiger partial charge is 0.468 e. The molecule has 31 heavy (non-hydrogen) atoms. The summed E-state index contributed by atoms with van der Waals surface area (Å²) in [6, 6.07) is 9.85. The summed E-state index contributed by atoms with van der Waals surface area (Å²) in [4.78, 5) is 27.4. The number of rotatable bonds is 5. The van der Waals surface area contributed by atoms with Crippen LogP contribution in [0.15, 0.2) is 42.1 Å². The first-order valence-electron chi connectivity index (χ1n) is 10.5. The Bertz CT molecular complexity index is 988. The average molecular weight is 426 g/mol. The fraction of sp³-hybridized carbons (Fsp3) is 0.458. The van der Waals surface area contributed by atoms with E-state index in [9.17, 15) is 9.59 Å². The number of amides is 1. The van der Waals surface area contributed by atoms with E-state index < -0.39 is 17.1 Å². The summed E-state index contributed by atoms with van der Waals surface area (Å²) < 4.78 is 12.6. The Hall–Kier alpha value is -3.09. The SMILES string of the molecule is CCN(C[C@@]1(C(=O)OC)Cc2cnn(-c3ccccc3)c2C=C1C)C(=O)OC(C)(C)C. The summed E-state index contributed by atoms with van der Waals surface area (Å²) >= 11 is 0. The lowest BCUT2D eigenvalue weighted by molar-refractivity contribution is -0.151. The van der Waals surface area contributed by atoms with Crippen LogP contribution < -0.4 is 0 Å². The number of hydrogen-bond acceptors (Lipinski definition) is 5. The van der Waals surface area contributed by atoms with Crippen molar-refractivity contribution >= 4 is 18.1 Å². The van der Waals surface area contributed by atoms with Crippen molar-refractivity contribution < 1.29 is 19.1 Å². The summed E-state index contributed by atoms with van der Waals surface area (Å²) in [5, 5.41) is 4.55. The number of para-hydroxylation sites is 1. The van der Waals surface area contributed by atoms with Gasteiger partial charge in [-0.15, -0.1) is 0 Å². The van der Waals surface area contributed by atoms with E-state index in [1.807, 2.05) is 75.7 Å². The number of hydrogen-bond donors (Lipinski definition) is 0. The van der Waals surface area contributed by atoms with Gasteiger partial charge in [0, 0.05) is 13.1 Å². The summed E-state index contributed by atoms with van der Waals surface area (Å²) in [5.41, 5.74) is 2.02. The first-order valence-corrected chi connectivity index (χ1v) is 10.5. The second kappa shape index (κ2) is 8.57. The molecule has 0 N–H and O–H groups in total. The monoisotopic (exact) mass is 425 g/mol. The van der Waals surface area contributed by atoms with Gasteiger partial charge in [0.25, 0.3) is 0 Å². The van der Waals surface area contributed by atoms with Crippen LogP contribution in [-0.4, -0.2) is 52.5 Å². The molecule has 0 spiro atoms. The Morgan fingerprint density at radius 1 is 1.23 bits per heavy atom. The molecule has 0 saturated carbocycles. The Balaban J connectivity index is 1.99. The van der Waals surface area contributed by atoms with Crippen molar-refractivity contribution in [2.24, 2.45) is 5.41 Å². The summed E-state index contributed by atoms with van der Waals surface area (Å²) in [7, 11) is 1.38. The van der Waals surface area contributed by atoms with Gasteiger partial charge < -0.3 is 14.4 Å². The van der Waals surface area contributed by atoms with E-state index in [1.165, 1.54) is 7.11 Å². The van der Waals surface area contributed by atoms with Crippen LogP contribution in [0.5, 0.6) is 0 Å². The number of fused-ring (bicyclic) bond motifs is 1. The molecule has 166 valence electrons. The molecule has 2 aromatic rings. The van der Waals surface area contributed by atoms with Crippen molar-refractivity contribution in [3.63, 3.8) is 0 Å². The molecule has 0 saturated heterocycles. The van der Waals surface area contributed by atoms with Gasteiger partial charge in [-0.05, 0) is 64.8 Å². The molecule has 1 aromatic carbocycles. The van der Waals surface area contributed by atoms with E-state index in [0.29, 0.717) is 13.0 Å². The van der Waals surface area contributed by atoms with Gasteiger partial charge in [-0.25, -0.2) is 9.48 Å². The van der Waals surface area contributed by atoms with E-state index in [4.69, 9.17) is 9.47 Å². The molecule has 0 bridgehead atoms. The third-order valence-corrected chi connectivity index (χ3v) is 5.56. The molecule has 1 aromatic heterocycles. The van der Waals surface area contributed by atoms with Gasteiger partial charge in [0.05, 0.1) is 24.7 Å². The van der Waals surface area contributed by atoms with Crippen LogP contribution in [0.1, 0.15) is 45.9 Å². The Labute approximate surface area is 183 Å². The fourth-order valence-corrected chi connectivity index (χ4v) is 3.90. The van der Waals surface area contributed by atoms with Gasteiger partial charge >= 0.3 is 12.1 Å². The van der Waals surface area contributed by atoms with Crippen molar-refractivity contribution in [1.82, 2.24) is 14.7 Å². The number of carbonyl (C=O) groups is 2. The molecule has 0 aliphatic heterocycles. The number of benzene rings is 1. The molecule has 1 heterocycles. The molecular weight excluding hydrogens is 394 g/mol. The molecule has 1 atom stereocenters. The minimum absolute atomic E-state index is 0.170. The maximum absolute atomic E-state index is 13.1. The van der Waals surface area contributed by atoms with E-state index in [1.54, 1.807) is 11.1 Å². The van der Waals surface area contributed by atoms with Gasteiger partial charge in [0.2, 0.25) is 0 Å². The van der Waals surface area contributed by atoms with Crippen molar-refractivity contribution in [3.05, 3.63) is 53.4 Å².